The van der Waals surface area contributed by atoms with Gasteiger partial charge in [-0.3, -0.25) is 4.68 Å². The van der Waals surface area contributed by atoms with E-state index in [1.165, 1.54) is 11.3 Å². The molecule has 0 aliphatic heterocycles. The Morgan fingerprint density at radius 2 is 2.12 bits per heavy atom. The molecule has 0 atom stereocenters. The highest BCUT2D eigenvalue weighted by atomic mass is 15.3. The standard InChI is InChI=1S/C12H17N5/c1-9-12(10(2)17(3)16-9)8-13-7-11-5-4-6-14-15-11/h4-6,13H,7-8H2,1-3H3. The van der Waals surface area contributed by atoms with Crippen molar-refractivity contribution in [2.45, 2.75) is 26.9 Å². The lowest BCUT2D eigenvalue weighted by Crippen LogP contribution is -2.15. The number of aryl methyl sites for hydroxylation is 2. The van der Waals surface area contributed by atoms with Gasteiger partial charge in [0.15, 0.2) is 0 Å². The van der Waals surface area contributed by atoms with Crippen LogP contribution in [-0.4, -0.2) is 20.0 Å². The van der Waals surface area contributed by atoms with Gasteiger partial charge < -0.3 is 5.32 Å². The average molecular weight is 231 g/mol. The molecule has 0 aliphatic carbocycles. The highest BCUT2D eigenvalue weighted by Gasteiger charge is 2.08. The molecule has 0 aromatic carbocycles. The van der Waals surface area contributed by atoms with Gasteiger partial charge in [0.25, 0.3) is 0 Å². The summed E-state index contributed by atoms with van der Waals surface area (Å²) in [4.78, 5) is 0. The monoisotopic (exact) mass is 231 g/mol. The fraction of sp³-hybridized carbons (Fsp3) is 0.417. The maximum Gasteiger partial charge on any atom is 0.0769 e. The summed E-state index contributed by atoms with van der Waals surface area (Å²) in [7, 11) is 1.97. The van der Waals surface area contributed by atoms with Crippen LogP contribution in [0.15, 0.2) is 18.3 Å². The molecule has 0 saturated heterocycles. The highest BCUT2D eigenvalue weighted by molar-refractivity contribution is 5.24. The van der Waals surface area contributed by atoms with Gasteiger partial charge in [-0.15, -0.1) is 0 Å². The lowest BCUT2D eigenvalue weighted by atomic mass is 10.2. The number of nitrogens with one attached hydrogen (secondary N) is 1. The quantitative estimate of drug-likeness (QED) is 0.856. The number of nitrogens with zero attached hydrogens (tertiary/aromatic N) is 4. The van der Waals surface area contributed by atoms with Crippen molar-refractivity contribution in [3.05, 3.63) is 41.0 Å². The molecule has 0 fully saturated rings. The first kappa shape index (κ1) is 11.7. The van der Waals surface area contributed by atoms with Crippen LogP contribution in [0.2, 0.25) is 0 Å². The zero-order valence-corrected chi connectivity index (χ0v) is 10.4. The van der Waals surface area contributed by atoms with Crippen molar-refractivity contribution in [1.29, 1.82) is 0 Å². The molecule has 0 spiro atoms. The molecule has 0 aliphatic rings. The average Bonchev–Trinajstić information content (AvgIpc) is 2.57. The van der Waals surface area contributed by atoms with Crippen molar-refractivity contribution < 1.29 is 0 Å². The molecule has 2 aromatic heterocycles. The molecule has 1 N–H and O–H groups in total. The first-order valence-corrected chi connectivity index (χ1v) is 5.65. The van der Waals surface area contributed by atoms with Crippen LogP contribution in [-0.2, 0) is 20.1 Å². The van der Waals surface area contributed by atoms with Gasteiger partial charge in [0.2, 0.25) is 0 Å². The van der Waals surface area contributed by atoms with Crippen molar-refractivity contribution in [3.63, 3.8) is 0 Å². The fourth-order valence-electron chi connectivity index (χ4n) is 1.82. The van der Waals surface area contributed by atoms with E-state index in [2.05, 4.69) is 27.5 Å². The van der Waals surface area contributed by atoms with E-state index in [4.69, 9.17) is 0 Å². The summed E-state index contributed by atoms with van der Waals surface area (Å²) in [6.45, 7) is 5.65. The van der Waals surface area contributed by atoms with Gasteiger partial charge in [-0.1, -0.05) is 0 Å². The summed E-state index contributed by atoms with van der Waals surface area (Å²) in [5.74, 6) is 0. The fourth-order valence-corrected chi connectivity index (χ4v) is 1.82. The molecule has 5 heteroatoms. The predicted molar refractivity (Wildman–Crippen MR) is 65.3 cm³/mol. The second kappa shape index (κ2) is 5.05. The summed E-state index contributed by atoms with van der Waals surface area (Å²) in [5, 5.41) is 15.6. The summed E-state index contributed by atoms with van der Waals surface area (Å²) >= 11 is 0. The van der Waals surface area contributed by atoms with E-state index in [1.807, 2.05) is 30.8 Å². The summed E-state index contributed by atoms with van der Waals surface area (Å²) in [5.41, 5.74) is 4.49. The first-order valence-electron chi connectivity index (χ1n) is 5.65. The third kappa shape index (κ3) is 2.68. The Labute approximate surface area is 101 Å². The van der Waals surface area contributed by atoms with Crippen molar-refractivity contribution in [2.75, 3.05) is 0 Å². The third-order valence-electron chi connectivity index (χ3n) is 2.89. The summed E-state index contributed by atoms with van der Waals surface area (Å²) in [6.07, 6.45) is 1.68. The van der Waals surface area contributed by atoms with Gasteiger partial charge in [0, 0.05) is 37.6 Å². The molecule has 17 heavy (non-hydrogen) atoms. The second-order valence-corrected chi connectivity index (χ2v) is 4.09. The van der Waals surface area contributed by atoms with Gasteiger partial charge in [0.1, 0.15) is 0 Å². The number of hydrogen-bond donors (Lipinski definition) is 1. The summed E-state index contributed by atoms with van der Waals surface area (Å²) < 4.78 is 1.91. The smallest absolute Gasteiger partial charge is 0.0769 e. The lowest BCUT2D eigenvalue weighted by molar-refractivity contribution is 0.663. The molecule has 5 nitrogen and oxygen atoms in total. The van der Waals surface area contributed by atoms with Crippen molar-refractivity contribution >= 4 is 0 Å². The van der Waals surface area contributed by atoms with Crippen LogP contribution >= 0.6 is 0 Å². The normalized spacial score (nSPS) is 10.8. The Balaban J connectivity index is 1.95. The van der Waals surface area contributed by atoms with E-state index in [0.717, 1.165) is 24.5 Å². The van der Waals surface area contributed by atoms with E-state index in [1.54, 1.807) is 6.20 Å². The predicted octanol–water partition coefficient (Wildman–Crippen LogP) is 1.12. The molecular weight excluding hydrogens is 214 g/mol. The molecule has 0 amide bonds. The van der Waals surface area contributed by atoms with Gasteiger partial charge in [-0.05, 0) is 26.0 Å². The number of rotatable bonds is 4. The molecule has 0 radical (unpaired) electrons. The van der Waals surface area contributed by atoms with Crippen LogP contribution < -0.4 is 5.32 Å². The zero-order valence-electron chi connectivity index (χ0n) is 10.4. The van der Waals surface area contributed by atoms with E-state index >= 15 is 0 Å². The third-order valence-corrected chi connectivity index (χ3v) is 2.89. The SMILES string of the molecule is Cc1nn(C)c(C)c1CNCc1cccnn1. The lowest BCUT2D eigenvalue weighted by Gasteiger charge is -2.04. The molecule has 0 saturated carbocycles. The van der Waals surface area contributed by atoms with Gasteiger partial charge in [-0.25, -0.2) is 0 Å². The maximum atomic E-state index is 4.38. The van der Waals surface area contributed by atoms with E-state index < -0.39 is 0 Å². The van der Waals surface area contributed by atoms with Crippen LogP contribution in [0, 0.1) is 13.8 Å². The minimum Gasteiger partial charge on any atom is -0.307 e. The van der Waals surface area contributed by atoms with Crippen LogP contribution in [0.5, 0.6) is 0 Å². The molecule has 90 valence electrons. The maximum absolute atomic E-state index is 4.38. The van der Waals surface area contributed by atoms with Crippen LogP contribution in [0.1, 0.15) is 22.6 Å². The topological polar surface area (TPSA) is 55.6 Å². The number of aromatic nitrogens is 4. The van der Waals surface area contributed by atoms with Crippen LogP contribution in [0.4, 0.5) is 0 Å². The van der Waals surface area contributed by atoms with Crippen molar-refractivity contribution in [3.8, 4) is 0 Å². The van der Waals surface area contributed by atoms with Crippen molar-refractivity contribution in [1.82, 2.24) is 25.3 Å². The molecule has 2 rings (SSSR count). The van der Waals surface area contributed by atoms with Gasteiger partial charge in [-0.2, -0.15) is 15.3 Å². The Morgan fingerprint density at radius 1 is 1.29 bits per heavy atom. The molecule has 2 heterocycles. The molecule has 2 aromatic rings. The van der Waals surface area contributed by atoms with E-state index in [0.29, 0.717) is 0 Å². The Bertz CT molecular complexity index is 489. The minimum absolute atomic E-state index is 0.724. The molecule has 0 bridgehead atoms. The van der Waals surface area contributed by atoms with Gasteiger partial charge in [0.05, 0.1) is 11.4 Å². The van der Waals surface area contributed by atoms with E-state index in [-0.39, 0.29) is 0 Å². The Kier molecular flexibility index (Phi) is 3.49. The second-order valence-electron chi connectivity index (χ2n) is 4.09. The summed E-state index contributed by atoms with van der Waals surface area (Å²) in [6, 6.07) is 3.85. The number of hydrogen-bond acceptors (Lipinski definition) is 4. The zero-order chi connectivity index (χ0) is 12.3. The Morgan fingerprint density at radius 3 is 2.71 bits per heavy atom. The molecule has 0 unspecified atom stereocenters. The van der Waals surface area contributed by atoms with E-state index in [9.17, 15) is 0 Å². The minimum atomic E-state index is 0.724. The van der Waals surface area contributed by atoms with Crippen LogP contribution in [0.3, 0.4) is 0 Å². The van der Waals surface area contributed by atoms with Crippen LogP contribution in [0.25, 0.3) is 0 Å². The van der Waals surface area contributed by atoms with Crippen molar-refractivity contribution in [2.24, 2.45) is 7.05 Å². The first-order chi connectivity index (χ1) is 8.18. The highest BCUT2D eigenvalue weighted by Crippen LogP contribution is 2.11. The Hall–Kier alpha value is -1.75. The largest absolute Gasteiger partial charge is 0.307 e. The van der Waals surface area contributed by atoms with Gasteiger partial charge >= 0.3 is 0 Å². The molecular formula is C12H17N5.